The van der Waals surface area contributed by atoms with Gasteiger partial charge in [0.1, 0.15) is 5.75 Å². The van der Waals surface area contributed by atoms with Gasteiger partial charge in [0, 0.05) is 19.4 Å². The number of Topliss-reactive ketones (excluding diaryl/α,β-unsaturated/α-hetero) is 1. The standard InChI is InChI=1S/C32H46N2O5/c1-5-12-27(19-18-23(2)39-30-17-10-9-15-26(30)16-11-20-33)31(36)34(4)24(3)29(35)22-28(32(37)38)21-25-13-7-6-8-14-25/h6-10,13-15,17,23-24,27-28H,5,11-12,16,18-22,33H2,1-4H3,(H,37,38)/t23-,24-,27-,28+/m1/s1. The molecule has 214 valence electrons. The predicted octanol–water partition coefficient (Wildman–Crippen LogP) is 5.29. The summed E-state index contributed by atoms with van der Waals surface area (Å²) in [6.45, 7) is 6.38. The second-order valence-electron chi connectivity index (χ2n) is 10.5. The van der Waals surface area contributed by atoms with Gasteiger partial charge in [-0.15, -0.1) is 0 Å². The number of para-hydroxylation sites is 1. The number of carbonyl (C=O) groups is 3. The zero-order chi connectivity index (χ0) is 28.8. The van der Waals surface area contributed by atoms with Crippen LogP contribution in [0.4, 0.5) is 0 Å². The fourth-order valence-corrected chi connectivity index (χ4v) is 4.82. The number of carbonyl (C=O) groups excluding carboxylic acids is 2. The molecule has 3 N–H and O–H groups in total. The second kappa shape index (κ2) is 16.7. The summed E-state index contributed by atoms with van der Waals surface area (Å²) in [6.07, 6.45) is 4.76. The summed E-state index contributed by atoms with van der Waals surface area (Å²) in [5.74, 6) is -1.53. The number of aliphatic carboxylic acids is 1. The molecule has 4 atom stereocenters. The highest BCUT2D eigenvalue weighted by molar-refractivity contribution is 5.91. The number of carboxylic acid groups (broad SMARTS) is 1. The van der Waals surface area contributed by atoms with Crippen LogP contribution < -0.4 is 10.5 Å². The first-order valence-corrected chi connectivity index (χ1v) is 14.2. The first-order chi connectivity index (χ1) is 18.7. The molecule has 0 aliphatic rings. The molecular formula is C32H46N2O5. The summed E-state index contributed by atoms with van der Waals surface area (Å²) in [5, 5.41) is 9.71. The van der Waals surface area contributed by atoms with Crippen molar-refractivity contribution < 1.29 is 24.2 Å². The van der Waals surface area contributed by atoms with Crippen molar-refractivity contribution in [1.29, 1.82) is 0 Å². The Labute approximate surface area is 233 Å². The van der Waals surface area contributed by atoms with Crippen LogP contribution in [0.15, 0.2) is 54.6 Å². The number of hydrogen-bond acceptors (Lipinski definition) is 5. The van der Waals surface area contributed by atoms with E-state index < -0.39 is 17.9 Å². The number of ether oxygens (including phenoxy) is 1. The van der Waals surface area contributed by atoms with E-state index in [0.29, 0.717) is 19.4 Å². The van der Waals surface area contributed by atoms with E-state index in [1.54, 1.807) is 14.0 Å². The van der Waals surface area contributed by atoms with Crippen molar-refractivity contribution in [3.05, 3.63) is 65.7 Å². The Morgan fingerprint density at radius 3 is 2.26 bits per heavy atom. The fourth-order valence-electron chi connectivity index (χ4n) is 4.82. The lowest BCUT2D eigenvalue weighted by Crippen LogP contribution is -2.44. The monoisotopic (exact) mass is 538 g/mol. The van der Waals surface area contributed by atoms with Gasteiger partial charge in [-0.1, -0.05) is 61.9 Å². The van der Waals surface area contributed by atoms with Crippen LogP contribution in [-0.4, -0.2) is 53.4 Å². The van der Waals surface area contributed by atoms with Crippen LogP contribution in [0.1, 0.15) is 70.4 Å². The summed E-state index contributed by atoms with van der Waals surface area (Å²) < 4.78 is 6.24. The first kappa shape index (κ1) is 32.0. The van der Waals surface area contributed by atoms with Crippen LogP contribution in [0.3, 0.4) is 0 Å². The summed E-state index contributed by atoms with van der Waals surface area (Å²) in [6, 6.07) is 16.6. The Kier molecular flexibility index (Phi) is 13.7. The van der Waals surface area contributed by atoms with Gasteiger partial charge in [-0.3, -0.25) is 14.4 Å². The third-order valence-electron chi connectivity index (χ3n) is 7.38. The molecule has 39 heavy (non-hydrogen) atoms. The van der Waals surface area contributed by atoms with E-state index in [0.717, 1.165) is 42.6 Å². The van der Waals surface area contributed by atoms with E-state index in [1.807, 2.05) is 62.4 Å². The third-order valence-corrected chi connectivity index (χ3v) is 7.38. The fraction of sp³-hybridized carbons (Fsp3) is 0.531. The molecule has 7 heteroatoms. The lowest BCUT2D eigenvalue weighted by Gasteiger charge is -2.29. The maximum absolute atomic E-state index is 13.4. The quantitative estimate of drug-likeness (QED) is 0.267. The van der Waals surface area contributed by atoms with Crippen LogP contribution in [0.5, 0.6) is 5.75 Å². The number of nitrogens with two attached hydrogens (primary N) is 1. The van der Waals surface area contributed by atoms with E-state index in [9.17, 15) is 19.5 Å². The molecule has 1 amide bonds. The molecule has 0 aliphatic carbocycles. The number of aryl methyl sites for hydroxylation is 1. The van der Waals surface area contributed by atoms with Crippen LogP contribution in [0.2, 0.25) is 0 Å². The third kappa shape index (κ3) is 10.5. The van der Waals surface area contributed by atoms with Crippen molar-refractivity contribution in [2.24, 2.45) is 17.6 Å². The molecule has 0 unspecified atom stereocenters. The van der Waals surface area contributed by atoms with Crippen molar-refractivity contribution in [1.82, 2.24) is 4.90 Å². The Morgan fingerprint density at radius 1 is 0.949 bits per heavy atom. The number of carboxylic acids is 1. The van der Waals surface area contributed by atoms with Crippen molar-refractivity contribution in [3.8, 4) is 5.75 Å². The Balaban J connectivity index is 1.97. The van der Waals surface area contributed by atoms with Crippen molar-refractivity contribution in [2.45, 2.75) is 84.3 Å². The molecule has 0 heterocycles. The highest BCUT2D eigenvalue weighted by Crippen LogP contribution is 2.25. The van der Waals surface area contributed by atoms with E-state index >= 15 is 0 Å². The molecule has 0 radical (unpaired) electrons. The molecule has 0 saturated carbocycles. The topological polar surface area (TPSA) is 110 Å². The normalized spacial score (nSPS) is 14.2. The molecule has 0 aromatic heterocycles. The average molecular weight is 539 g/mol. The summed E-state index contributed by atoms with van der Waals surface area (Å²) in [5.41, 5.74) is 7.68. The number of rotatable bonds is 18. The lowest BCUT2D eigenvalue weighted by molar-refractivity contribution is -0.145. The van der Waals surface area contributed by atoms with E-state index in [1.165, 1.54) is 4.90 Å². The number of ketones is 1. The lowest BCUT2D eigenvalue weighted by atomic mass is 9.91. The molecular weight excluding hydrogens is 492 g/mol. The van der Waals surface area contributed by atoms with Gasteiger partial charge in [0.2, 0.25) is 5.91 Å². The van der Waals surface area contributed by atoms with Gasteiger partial charge in [0.25, 0.3) is 0 Å². The van der Waals surface area contributed by atoms with Crippen molar-refractivity contribution in [3.63, 3.8) is 0 Å². The maximum Gasteiger partial charge on any atom is 0.307 e. The number of nitrogens with zero attached hydrogens (tertiary/aromatic N) is 1. The smallest absolute Gasteiger partial charge is 0.307 e. The highest BCUT2D eigenvalue weighted by atomic mass is 16.5. The molecule has 2 rings (SSSR count). The molecule has 0 saturated heterocycles. The Bertz CT molecular complexity index is 1040. The van der Waals surface area contributed by atoms with Crippen LogP contribution in [0, 0.1) is 11.8 Å². The molecule has 0 fully saturated rings. The van der Waals surface area contributed by atoms with E-state index in [2.05, 4.69) is 6.07 Å². The number of amides is 1. The van der Waals surface area contributed by atoms with Crippen LogP contribution in [0.25, 0.3) is 0 Å². The van der Waals surface area contributed by atoms with Crippen molar-refractivity contribution in [2.75, 3.05) is 13.6 Å². The summed E-state index contributed by atoms with van der Waals surface area (Å²) in [7, 11) is 1.65. The van der Waals surface area contributed by atoms with Gasteiger partial charge < -0.3 is 20.5 Å². The van der Waals surface area contributed by atoms with E-state index in [-0.39, 0.29) is 36.6 Å². The van der Waals surface area contributed by atoms with Crippen molar-refractivity contribution >= 4 is 17.7 Å². The SMILES string of the molecule is CCC[C@H](CC[C@@H](C)Oc1ccccc1CCCN)C(=O)N(C)[C@H](C)C(=O)C[C@H](Cc1ccccc1)C(=O)O. The summed E-state index contributed by atoms with van der Waals surface area (Å²) >= 11 is 0. The van der Waals surface area contributed by atoms with Gasteiger partial charge in [-0.2, -0.15) is 0 Å². The van der Waals surface area contributed by atoms with Gasteiger partial charge >= 0.3 is 5.97 Å². The Hall–Kier alpha value is -3.19. The molecule has 0 aliphatic heterocycles. The molecule has 2 aromatic carbocycles. The minimum absolute atomic E-state index is 0.0742. The second-order valence-corrected chi connectivity index (χ2v) is 10.5. The summed E-state index contributed by atoms with van der Waals surface area (Å²) in [4.78, 5) is 39.9. The predicted molar refractivity (Wildman–Crippen MR) is 155 cm³/mol. The Morgan fingerprint density at radius 2 is 1.62 bits per heavy atom. The number of likely N-dealkylation sites (N-methyl/N-ethyl adjacent to an activating group) is 1. The molecule has 0 spiro atoms. The van der Waals surface area contributed by atoms with E-state index in [4.69, 9.17) is 10.5 Å². The van der Waals surface area contributed by atoms with Gasteiger partial charge in [-0.25, -0.2) is 0 Å². The largest absolute Gasteiger partial charge is 0.490 e. The molecule has 7 nitrogen and oxygen atoms in total. The average Bonchev–Trinajstić information content (AvgIpc) is 2.93. The minimum Gasteiger partial charge on any atom is -0.490 e. The van der Waals surface area contributed by atoms with Gasteiger partial charge in [-0.05, 0) is 76.1 Å². The molecule has 0 bridgehead atoms. The van der Waals surface area contributed by atoms with Crippen LogP contribution >= 0.6 is 0 Å². The zero-order valence-corrected chi connectivity index (χ0v) is 24.0. The maximum atomic E-state index is 13.4. The van der Waals surface area contributed by atoms with Crippen LogP contribution in [-0.2, 0) is 27.2 Å². The number of benzene rings is 2. The molecule has 2 aromatic rings. The minimum atomic E-state index is -1.00. The highest BCUT2D eigenvalue weighted by Gasteiger charge is 2.31. The number of hydrogen-bond donors (Lipinski definition) is 2. The van der Waals surface area contributed by atoms with Gasteiger partial charge in [0.05, 0.1) is 18.1 Å². The zero-order valence-electron chi connectivity index (χ0n) is 24.0. The first-order valence-electron chi connectivity index (χ1n) is 14.2. The van der Waals surface area contributed by atoms with Gasteiger partial charge in [0.15, 0.2) is 5.78 Å².